The average Bonchev–Trinajstić information content (AvgIpc) is 2.75. The second-order valence-electron chi connectivity index (χ2n) is 6.40. The molecule has 2 rings (SSSR count). The van der Waals surface area contributed by atoms with Gasteiger partial charge in [0.05, 0.1) is 30.4 Å². The zero-order valence-electron chi connectivity index (χ0n) is 17.3. The molecule has 0 atom stereocenters. The highest BCUT2D eigenvalue weighted by atomic mass is 32.2. The van der Waals surface area contributed by atoms with Crippen LogP contribution in [0.3, 0.4) is 0 Å². The Hall–Kier alpha value is -2.58. The summed E-state index contributed by atoms with van der Waals surface area (Å²) in [5.41, 5.74) is 1.62. The number of rotatable bonds is 10. The van der Waals surface area contributed by atoms with Crippen LogP contribution >= 0.6 is 0 Å². The number of sulfone groups is 1. The van der Waals surface area contributed by atoms with Crippen LogP contribution in [0.15, 0.2) is 47.4 Å². The Bertz CT molecular complexity index is 923. The van der Waals surface area contributed by atoms with Gasteiger partial charge in [-0.15, -0.1) is 0 Å². The Morgan fingerprint density at radius 3 is 2.24 bits per heavy atom. The van der Waals surface area contributed by atoms with Crippen molar-refractivity contribution < 1.29 is 22.7 Å². The van der Waals surface area contributed by atoms with Crippen molar-refractivity contribution in [3.8, 4) is 5.75 Å². The molecule has 0 saturated heterocycles. The van der Waals surface area contributed by atoms with Crippen molar-refractivity contribution in [3.63, 3.8) is 0 Å². The molecular weight excluding hydrogens is 392 g/mol. The van der Waals surface area contributed by atoms with Crippen LogP contribution in [0.5, 0.6) is 5.75 Å². The molecule has 2 aromatic rings. The van der Waals surface area contributed by atoms with Gasteiger partial charge < -0.3 is 14.8 Å². The van der Waals surface area contributed by atoms with Crippen molar-refractivity contribution in [2.45, 2.75) is 25.3 Å². The highest BCUT2D eigenvalue weighted by Gasteiger charge is 2.20. The van der Waals surface area contributed by atoms with Gasteiger partial charge >= 0.3 is 5.97 Å². The highest BCUT2D eigenvalue weighted by molar-refractivity contribution is 7.91. The molecule has 0 heterocycles. The van der Waals surface area contributed by atoms with Crippen molar-refractivity contribution >= 4 is 21.5 Å². The quantitative estimate of drug-likeness (QED) is 0.591. The average molecular weight is 421 g/mol. The van der Waals surface area contributed by atoms with Crippen molar-refractivity contribution in [1.29, 1.82) is 0 Å². The summed E-state index contributed by atoms with van der Waals surface area (Å²) in [6, 6.07) is 11.5. The van der Waals surface area contributed by atoms with Crippen LogP contribution in [0.4, 0.5) is 5.69 Å². The maximum Gasteiger partial charge on any atom is 0.339 e. The summed E-state index contributed by atoms with van der Waals surface area (Å²) < 4.78 is 35.5. The van der Waals surface area contributed by atoms with Crippen molar-refractivity contribution in [2.75, 3.05) is 38.5 Å². The van der Waals surface area contributed by atoms with E-state index < -0.39 is 15.8 Å². The zero-order valence-corrected chi connectivity index (χ0v) is 18.1. The topological polar surface area (TPSA) is 84.9 Å². The molecule has 0 saturated carbocycles. The molecule has 29 heavy (non-hydrogen) atoms. The number of nitrogens with zero attached hydrogens (tertiary/aromatic N) is 1. The van der Waals surface area contributed by atoms with E-state index in [1.54, 1.807) is 24.3 Å². The number of esters is 1. The van der Waals surface area contributed by atoms with Gasteiger partial charge in [0, 0.05) is 6.54 Å². The number of ether oxygens (including phenoxy) is 2. The monoisotopic (exact) mass is 420 g/mol. The normalized spacial score (nSPS) is 11.3. The Kier molecular flexibility index (Phi) is 8.04. The third-order valence-corrected chi connectivity index (χ3v) is 6.22. The van der Waals surface area contributed by atoms with Gasteiger partial charge in [0.2, 0.25) is 0 Å². The van der Waals surface area contributed by atoms with Crippen molar-refractivity contribution in [1.82, 2.24) is 4.90 Å². The SMILES string of the molecule is CCN(CC)Cc1cccc(C(=O)OC)c1NCS(=O)(=O)c1ccc(OC)cc1. The molecule has 0 fully saturated rings. The number of hydrogen-bond donors (Lipinski definition) is 1. The molecular formula is C21H28N2O5S. The van der Waals surface area contributed by atoms with E-state index in [0.717, 1.165) is 18.7 Å². The summed E-state index contributed by atoms with van der Waals surface area (Å²) in [5, 5.41) is 2.97. The lowest BCUT2D eigenvalue weighted by atomic mass is 10.1. The fraction of sp³-hybridized carbons (Fsp3) is 0.381. The minimum atomic E-state index is -3.62. The first-order valence-electron chi connectivity index (χ1n) is 9.39. The van der Waals surface area contributed by atoms with Gasteiger partial charge in [0.15, 0.2) is 9.84 Å². The van der Waals surface area contributed by atoms with Gasteiger partial charge in [-0.25, -0.2) is 13.2 Å². The first-order valence-corrected chi connectivity index (χ1v) is 11.0. The zero-order chi connectivity index (χ0) is 21.4. The number of carbonyl (C=O) groups is 1. The van der Waals surface area contributed by atoms with E-state index in [1.807, 2.05) is 6.07 Å². The predicted molar refractivity (Wildman–Crippen MR) is 113 cm³/mol. The smallest absolute Gasteiger partial charge is 0.339 e. The molecule has 2 aromatic carbocycles. The van der Waals surface area contributed by atoms with Gasteiger partial charge in [0.1, 0.15) is 11.6 Å². The van der Waals surface area contributed by atoms with Crippen molar-refractivity contribution in [2.24, 2.45) is 0 Å². The number of anilines is 1. The van der Waals surface area contributed by atoms with Crippen LogP contribution in [-0.4, -0.2) is 52.5 Å². The van der Waals surface area contributed by atoms with Gasteiger partial charge in [-0.1, -0.05) is 26.0 Å². The maximum absolute atomic E-state index is 12.8. The molecule has 8 heteroatoms. The summed E-state index contributed by atoms with van der Waals surface area (Å²) >= 11 is 0. The van der Waals surface area contributed by atoms with Crippen LogP contribution in [0, 0.1) is 0 Å². The largest absolute Gasteiger partial charge is 0.497 e. The highest BCUT2D eigenvalue weighted by Crippen LogP contribution is 2.25. The molecule has 0 aromatic heterocycles. The van der Waals surface area contributed by atoms with Gasteiger partial charge in [-0.05, 0) is 49.0 Å². The number of nitrogens with one attached hydrogen (secondary N) is 1. The van der Waals surface area contributed by atoms with Crippen LogP contribution in [-0.2, 0) is 21.1 Å². The Morgan fingerprint density at radius 1 is 1.03 bits per heavy atom. The fourth-order valence-corrected chi connectivity index (χ4v) is 3.99. The Labute approximate surface area is 172 Å². The third-order valence-electron chi connectivity index (χ3n) is 4.70. The summed E-state index contributed by atoms with van der Waals surface area (Å²) in [5.74, 6) is -0.288. The lowest BCUT2D eigenvalue weighted by Gasteiger charge is -2.22. The first-order chi connectivity index (χ1) is 13.9. The molecule has 1 N–H and O–H groups in total. The number of carbonyl (C=O) groups excluding carboxylic acids is 1. The Balaban J connectivity index is 2.34. The van der Waals surface area contributed by atoms with Crippen LogP contribution in [0.25, 0.3) is 0 Å². The summed E-state index contributed by atoms with van der Waals surface area (Å²) in [4.78, 5) is 14.6. The second kappa shape index (κ2) is 10.3. The fourth-order valence-electron chi connectivity index (χ4n) is 2.94. The van der Waals surface area contributed by atoms with Crippen LogP contribution < -0.4 is 10.1 Å². The number of para-hydroxylation sites is 1. The molecule has 0 aliphatic heterocycles. The number of methoxy groups -OCH3 is 2. The molecule has 0 radical (unpaired) electrons. The first kappa shape index (κ1) is 22.7. The molecule has 7 nitrogen and oxygen atoms in total. The molecule has 0 spiro atoms. The molecule has 0 amide bonds. The number of benzene rings is 2. The maximum atomic E-state index is 12.8. The molecule has 158 valence electrons. The standard InChI is InChI=1S/C21H28N2O5S/c1-5-23(6-2)14-16-8-7-9-19(21(24)28-4)20(16)22-15-29(25,26)18-12-10-17(27-3)11-13-18/h7-13,22H,5-6,14-15H2,1-4H3. The summed E-state index contributed by atoms with van der Waals surface area (Å²) in [7, 11) is -0.798. The second-order valence-corrected chi connectivity index (χ2v) is 8.39. The van der Waals surface area contributed by atoms with E-state index in [4.69, 9.17) is 9.47 Å². The van der Waals surface area contributed by atoms with Crippen LogP contribution in [0.2, 0.25) is 0 Å². The summed E-state index contributed by atoms with van der Waals surface area (Å²) in [6.07, 6.45) is 0. The Morgan fingerprint density at radius 2 is 1.69 bits per heavy atom. The van der Waals surface area contributed by atoms with Gasteiger partial charge in [-0.3, -0.25) is 4.90 Å². The van der Waals surface area contributed by atoms with E-state index in [1.165, 1.54) is 26.4 Å². The van der Waals surface area contributed by atoms with Crippen molar-refractivity contribution in [3.05, 3.63) is 53.6 Å². The lowest BCUT2D eigenvalue weighted by molar-refractivity contribution is 0.0601. The van der Waals surface area contributed by atoms with E-state index >= 15 is 0 Å². The van der Waals surface area contributed by atoms with E-state index in [9.17, 15) is 13.2 Å². The van der Waals surface area contributed by atoms with Gasteiger partial charge in [-0.2, -0.15) is 0 Å². The minimum Gasteiger partial charge on any atom is -0.497 e. The third kappa shape index (κ3) is 5.71. The van der Waals surface area contributed by atoms with Gasteiger partial charge in [0.25, 0.3) is 0 Å². The van der Waals surface area contributed by atoms with E-state index in [-0.39, 0.29) is 10.8 Å². The summed E-state index contributed by atoms with van der Waals surface area (Å²) in [6.45, 7) is 6.36. The molecule has 0 aliphatic carbocycles. The van der Waals surface area contributed by atoms with E-state index in [2.05, 4.69) is 24.1 Å². The van der Waals surface area contributed by atoms with Crippen LogP contribution in [0.1, 0.15) is 29.8 Å². The minimum absolute atomic E-state index is 0.173. The number of hydrogen-bond acceptors (Lipinski definition) is 7. The molecule has 0 bridgehead atoms. The molecule has 0 aliphatic rings. The lowest BCUT2D eigenvalue weighted by Crippen LogP contribution is -2.24. The molecule has 0 unspecified atom stereocenters. The van der Waals surface area contributed by atoms with E-state index in [0.29, 0.717) is 23.5 Å². The predicted octanol–water partition coefficient (Wildman–Crippen LogP) is 3.17.